The molecule has 7 nitrogen and oxygen atoms in total. The quantitative estimate of drug-likeness (QED) is 0.759. The number of carbonyl (C=O) groups excluding carboxylic acids is 1. The molecule has 0 bridgehead atoms. The number of aromatic nitrogens is 2. The topological polar surface area (TPSA) is 101 Å². The Balaban J connectivity index is 0.00000220. The van der Waals surface area contributed by atoms with Crippen LogP contribution >= 0.6 is 12.4 Å². The highest BCUT2D eigenvalue weighted by atomic mass is 35.5. The van der Waals surface area contributed by atoms with Crippen LogP contribution in [0.5, 0.6) is 0 Å². The Morgan fingerprint density at radius 1 is 1.43 bits per heavy atom. The first-order valence-corrected chi connectivity index (χ1v) is 6.80. The predicted octanol–water partition coefficient (Wildman–Crippen LogP) is -0.622. The third-order valence-corrected chi connectivity index (χ3v) is 3.66. The number of rotatable bonds is 2. The maximum atomic E-state index is 12.2. The van der Waals surface area contributed by atoms with Crippen molar-refractivity contribution >= 4 is 18.3 Å². The van der Waals surface area contributed by atoms with Crippen molar-refractivity contribution in [2.45, 2.75) is 31.7 Å². The zero-order chi connectivity index (χ0) is 14.7. The van der Waals surface area contributed by atoms with E-state index < -0.39 is 11.2 Å². The lowest BCUT2D eigenvalue weighted by Crippen LogP contribution is -2.42. The van der Waals surface area contributed by atoms with Gasteiger partial charge in [-0.3, -0.25) is 14.2 Å². The molecule has 2 heterocycles. The molecule has 0 radical (unpaired) electrons. The number of halogens is 1. The summed E-state index contributed by atoms with van der Waals surface area (Å²) in [6, 6.07) is -0.000127. The molecule has 1 fully saturated rings. The van der Waals surface area contributed by atoms with Gasteiger partial charge in [0.2, 0.25) is 5.91 Å². The van der Waals surface area contributed by atoms with Gasteiger partial charge in [0.25, 0.3) is 5.56 Å². The van der Waals surface area contributed by atoms with E-state index in [4.69, 9.17) is 5.73 Å². The van der Waals surface area contributed by atoms with E-state index in [0.717, 1.165) is 23.8 Å². The van der Waals surface area contributed by atoms with Gasteiger partial charge in [-0.1, -0.05) is 6.42 Å². The summed E-state index contributed by atoms with van der Waals surface area (Å²) in [6.45, 7) is 1.21. The summed E-state index contributed by atoms with van der Waals surface area (Å²) in [6.07, 6.45) is 4.19. The van der Waals surface area contributed by atoms with Gasteiger partial charge in [-0.05, 0) is 12.8 Å². The summed E-state index contributed by atoms with van der Waals surface area (Å²) in [5.74, 6) is -0.119. The van der Waals surface area contributed by atoms with E-state index in [2.05, 4.69) is 4.98 Å². The highest BCUT2D eigenvalue weighted by molar-refractivity contribution is 5.85. The highest BCUT2D eigenvalue weighted by Crippen LogP contribution is 2.10. The van der Waals surface area contributed by atoms with Crippen molar-refractivity contribution in [3.8, 4) is 0 Å². The number of amides is 1. The minimum atomic E-state index is -0.483. The number of nitrogens with two attached hydrogens (primary N) is 1. The number of hydrogen-bond donors (Lipinski definition) is 2. The second-order valence-electron chi connectivity index (χ2n) is 5.26. The number of carbonyl (C=O) groups is 1. The smallest absolute Gasteiger partial charge is 0.328 e. The molecule has 118 valence electrons. The molecule has 1 aliphatic rings. The molecule has 1 unspecified atom stereocenters. The van der Waals surface area contributed by atoms with Crippen LogP contribution in [0.4, 0.5) is 0 Å². The van der Waals surface area contributed by atoms with Crippen LogP contribution in [0.15, 0.2) is 15.8 Å². The lowest BCUT2D eigenvalue weighted by atomic mass is 10.1. The van der Waals surface area contributed by atoms with Crippen LogP contribution in [-0.4, -0.2) is 39.5 Å². The van der Waals surface area contributed by atoms with E-state index in [1.807, 2.05) is 0 Å². The zero-order valence-electron chi connectivity index (χ0n) is 12.0. The van der Waals surface area contributed by atoms with E-state index in [9.17, 15) is 14.4 Å². The van der Waals surface area contributed by atoms with Crippen molar-refractivity contribution in [3.63, 3.8) is 0 Å². The minimum absolute atomic E-state index is 0. The monoisotopic (exact) mass is 316 g/mol. The normalized spacial score (nSPS) is 18.8. The van der Waals surface area contributed by atoms with Crippen molar-refractivity contribution in [1.82, 2.24) is 14.5 Å². The Morgan fingerprint density at radius 3 is 2.86 bits per heavy atom. The highest BCUT2D eigenvalue weighted by Gasteiger charge is 2.21. The Bertz CT molecular complexity index is 610. The van der Waals surface area contributed by atoms with Crippen LogP contribution in [0.2, 0.25) is 0 Å². The number of H-pyrrole nitrogens is 1. The van der Waals surface area contributed by atoms with Gasteiger partial charge in [-0.2, -0.15) is 0 Å². The Labute approximate surface area is 128 Å². The van der Waals surface area contributed by atoms with Crippen molar-refractivity contribution < 1.29 is 4.79 Å². The molecule has 2 rings (SSSR count). The van der Waals surface area contributed by atoms with Gasteiger partial charge in [-0.25, -0.2) is 4.79 Å². The van der Waals surface area contributed by atoms with Crippen LogP contribution in [0.25, 0.3) is 0 Å². The lowest BCUT2D eigenvalue weighted by Gasteiger charge is -2.22. The molecular formula is C13H21ClN4O3. The summed E-state index contributed by atoms with van der Waals surface area (Å²) in [5, 5.41) is 0. The molecule has 0 aromatic carbocycles. The number of likely N-dealkylation sites (tertiary alicyclic amines) is 1. The molecule has 0 saturated carbocycles. The lowest BCUT2D eigenvalue weighted by molar-refractivity contribution is -0.130. The van der Waals surface area contributed by atoms with Crippen LogP contribution in [0.1, 0.15) is 24.8 Å². The molecule has 1 atom stereocenters. The van der Waals surface area contributed by atoms with Gasteiger partial charge >= 0.3 is 5.69 Å². The SMILES string of the molecule is Cl.Cn1c(=O)[nH]cc(CC(=O)N2CCCCC(N)C2)c1=O. The van der Waals surface area contributed by atoms with E-state index in [1.54, 1.807) is 4.90 Å². The summed E-state index contributed by atoms with van der Waals surface area (Å²) >= 11 is 0. The van der Waals surface area contributed by atoms with E-state index in [-0.39, 0.29) is 30.8 Å². The fourth-order valence-corrected chi connectivity index (χ4v) is 2.42. The fourth-order valence-electron chi connectivity index (χ4n) is 2.42. The number of nitrogens with zero attached hydrogens (tertiary/aromatic N) is 2. The second kappa shape index (κ2) is 7.42. The van der Waals surface area contributed by atoms with Crippen LogP contribution in [0.3, 0.4) is 0 Å². The largest absolute Gasteiger partial charge is 0.341 e. The predicted molar refractivity (Wildman–Crippen MR) is 81.7 cm³/mol. The molecule has 0 aliphatic carbocycles. The molecule has 1 amide bonds. The Kier molecular flexibility index (Phi) is 6.17. The Hall–Kier alpha value is -1.60. The molecule has 1 aromatic heterocycles. The molecule has 0 spiro atoms. The van der Waals surface area contributed by atoms with E-state index in [1.165, 1.54) is 13.2 Å². The molecule has 21 heavy (non-hydrogen) atoms. The summed E-state index contributed by atoms with van der Waals surface area (Å²) in [4.78, 5) is 39.6. The van der Waals surface area contributed by atoms with Crippen molar-refractivity contribution in [2.24, 2.45) is 12.8 Å². The van der Waals surface area contributed by atoms with Crippen molar-refractivity contribution in [2.75, 3.05) is 13.1 Å². The maximum absolute atomic E-state index is 12.2. The average molecular weight is 317 g/mol. The van der Waals surface area contributed by atoms with Crippen LogP contribution in [0, 0.1) is 0 Å². The fraction of sp³-hybridized carbons (Fsp3) is 0.615. The molecule has 3 N–H and O–H groups in total. The van der Waals surface area contributed by atoms with Gasteiger partial charge in [0.15, 0.2) is 0 Å². The minimum Gasteiger partial charge on any atom is -0.341 e. The summed E-state index contributed by atoms with van der Waals surface area (Å²) < 4.78 is 0.969. The first-order chi connectivity index (χ1) is 9.49. The average Bonchev–Trinajstić information content (AvgIpc) is 2.64. The first-order valence-electron chi connectivity index (χ1n) is 6.80. The zero-order valence-corrected chi connectivity index (χ0v) is 12.8. The molecule has 1 aliphatic heterocycles. The third kappa shape index (κ3) is 4.18. The van der Waals surface area contributed by atoms with Crippen LogP contribution < -0.4 is 17.0 Å². The van der Waals surface area contributed by atoms with E-state index >= 15 is 0 Å². The van der Waals surface area contributed by atoms with Gasteiger partial charge in [0, 0.05) is 37.9 Å². The molecule has 1 saturated heterocycles. The van der Waals surface area contributed by atoms with Gasteiger partial charge in [0.1, 0.15) is 0 Å². The maximum Gasteiger partial charge on any atom is 0.328 e. The van der Waals surface area contributed by atoms with Gasteiger partial charge < -0.3 is 15.6 Å². The number of nitrogens with one attached hydrogen (secondary N) is 1. The van der Waals surface area contributed by atoms with E-state index in [0.29, 0.717) is 18.7 Å². The summed E-state index contributed by atoms with van der Waals surface area (Å²) in [5.41, 5.74) is 5.31. The Morgan fingerprint density at radius 2 is 2.14 bits per heavy atom. The molecule has 8 heteroatoms. The third-order valence-electron chi connectivity index (χ3n) is 3.66. The first kappa shape index (κ1) is 17.5. The molecule has 1 aromatic rings. The van der Waals surface area contributed by atoms with Crippen molar-refractivity contribution in [3.05, 3.63) is 32.6 Å². The standard InChI is InChI=1S/C13H20N4O3.ClH/c1-16-12(19)9(7-15-13(16)20)6-11(18)17-5-3-2-4-10(14)8-17;/h7,10H,2-6,8,14H2,1H3,(H,15,20);1H. The second-order valence-corrected chi connectivity index (χ2v) is 5.26. The molecular weight excluding hydrogens is 296 g/mol. The number of aromatic amines is 1. The van der Waals surface area contributed by atoms with Gasteiger partial charge in [0.05, 0.1) is 6.42 Å². The van der Waals surface area contributed by atoms with Crippen LogP contribution in [-0.2, 0) is 18.3 Å². The number of hydrogen-bond acceptors (Lipinski definition) is 4. The van der Waals surface area contributed by atoms with Crippen molar-refractivity contribution in [1.29, 1.82) is 0 Å². The summed E-state index contributed by atoms with van der Waals surface area (Å²) in [7, 11) is 1.39. The van der Waals surface area contributed by atoms with Gasteiger partial charge in [-0.15, -0.1) is 12.4 Å².